The molecule has 28 heavy (non-hydrogen) atoms. The van der Waals surface area contributed by atoms with Crippen molar-refractivity contribution in [2.24, 2.45) is 0 Å². The topological polar surface area (TPSA) is 38.3 Å². The number of anilines is 1. The molecule has 0 unspecified atom stereocenters. The molecule has 0 aliphatic rings. The lowest BCUT2D eigenvalue weighted by Gasteiger charge is -2.13. The maximum absolute atomic E-state index is 13.8. The summed E-state index contributed by atoms with van der Waals surface area (Å²) in [6.45, 7) is 2.40. The first-order valence-corrected chi connectivity index (χ1v) is 9.75. The van der Waals surface area contributed by atoms with E-state index < -0.39 is 17.5 Å². The second-order valence-electron chi connectivity index (χ2n) is 5.94. The average molecular weight is 399 g/mol. The largest absolute Gasteiger partial charge is 0.494 e. The van der Waals surface area contributed by atoms with Gasteiger partial charge in [-0.25, -0.2) is 8.78 Å². The minimum Gasteiger partial charge on any atom is -0.494 e. The number of carbonyl (C=O) groups is 1. The fourth-order valence-electron chi connectivity index (χ4n) is 2.59. The molecule has 0 heterocycles. The van der Waals surface area contributed by atoms with E-state index in [4.69, 9.17) is 4.74 Å². The monoisotopic (exact) mass is 399 g/mol. The van der Waals surface area contributed by atoms with Gasteiger partial charge in [-0.3, -0.25) is 4.79 Å². The lowest BCUT2D eigenvalue weighted by atomic mass is 10.1. The number of thioether (sulfide) groups is 1. The number of hydrogen-bond acceptors (Lipinski definition) is 3. The van der Waals surface area contributed by atoms with Gasteiger partial charge in [0.15, 0.2) is 0 Å². The first kappa shape index (κ1) is 19.9. The quantitative estimate of drug-likeness (QED) is 0.502. The van der Waals surface area contributed by atoms with Crippen LogP contribution in [0.1, 0.15) is 22.8 Å². The Morgan fingerprint density at radius 2 is 1.82 bits per heavy atom. The molecule has 0 saturated carbocycles. The fraction of sp³-hybridized carbons (Fsp3) is 0.136. The smallest absolute Gasteiger partial charge is 0.255 e. The predicted octanol–water partition coefficient (Wildman–Crippen LogP) is 5.91. The van der Waals surface area contributed by atoms with Crippen molar-refractivity contribution >= 4 is 23.4 Å². The van der Waals surface area contributed by atoms with Gasteiger partial charge in [-0.15, -0.1) is 11.8 Å². The Labute approximate surface area is 166 Å². The second-order valence-corrected chi connectivity index (χ2v) is 6.98. The number of hydrogen-bond donors (Lipinski definition) is 1. The number of halogens is 2. The van der Waals surface area contributed by atoms with Gasteiger partial charge in [0.2, 0.25) is 0 Å². The van der Waals surface area contributed by atoms with Crippen LogP contribution in [0.3, 0.4) is 0 Å². The number of benzene rings is 3. The number of amides is 1. The van der Waals surface area contributed by atoms with Crippen molar-refractivity contribution in [2.45, 2.75) is 17.6 Å². The molecule has 0 atom stereocenters. The van der Waals surface area contributed by atoms with E-state index in [1.165, 1.54) is 6.07 Å². The number of rotatable bonds is 7. The van der Waals surface area contributed by atoms with E-state index in [1.54, 1.807) is 30.0 Å². The highest BCUT2D eigenvalue weighted by Gasteiger charge is 2.13. The predicted molar refractivity (Wildman–Crippen MR) is 108 cm³/mol. The van der Waals surface area contributed by atoms with Crippen LogP contribution >= 0.6 is 11.8 Å². The minimum absolute atomic E-state index is 0.0690. The summed E-state index contributed by atoms with van der Waals surface area (Å²) in [5, 5.41) is 2.48. The molecule has 1 N–H and O–H groups in total. The van der Waals surface area contributed by atoms with Gasteiger partial charge in [0.05, 0.1) is 12.3 Å². The van der Waals surface area contributed by atoms with E-state index in [-0.39, 0.29) is 5.69 Å². The zero-order chi connectivity index (χ0) is 19.9. The molecule has 0 bridgehead atoms. The lowest BCUT2D eigenvalue weighted by Crippen LogP contribution is -2.13. The summed E-state index contributed by atoms with van der Waals surface area (Å²) < 4.78 is 32.5. The Kier molecular flexibility index (Phi) is 6.66. The standard InChI is InChI=1S/C22H19F2NO2S/c1-2-27-21-11-8-15(12-16(21)14-28-18-6-4-3-5-7-18)22(26)25-20-10-9-17(23)13-19(20)24/h3-13H,2,14H2,1H3,(H,25,26). The summed E-state index contributed by atoms with van der Waals surface area (Å²) in [6, 6.07) is 18.0. The lowest BCUT2D eigenvalue weighted by molar-refractivity contribution is 0.102. The molecular weight excluding hydrogens is 380 g/mol. The third kappa shape index (κ3) is 5.10. The van der Waals surface area contributed by atoms with Gasteiger partial charge >= 0.3 is 0 Å². The highest BCUT2D eigenvalue weighted by molar-refractivity contribution is 7.98. The number of ether oxygens (including phenoxy) is 1. The van der Waals surface area contributed by atoms with Gasteiger partial charge in [0.1, 0.15) is 17.4 Å². The van der Waals surface area contributed by atoms with Crippen molar-refractivity contribution in [1.82, 2.24) is 0 Å². The Morgan fingerprint density at radius 1 is 1.04 bits per heavy atom. The van der Waals surface area contributed by atoms with Crippen LogP contribution in [-0.4, -0.2) is 12.5 Å². The SMILES string of the molecule is CCOc1ccc(C(=O)Nc2ccc(F)cc2F)cc1CSc1ccccc1. The fourth-order valence-corrected chi connectivity index (χ4v) is 3.49. The third-order valence-corrected chi connectivity index (χ3v) is 5.00. The van der Waals surface area contributed by atoms with E-state index >= 15 is 0 Å². The van der Waals surface area contributed by atoms with E-state index in [9.17, 15) is 13.6 Å². The highest BCUT2D eigenvalue weighted by Crippen LogP contribution is 2.29. The molecule has 3 nitrogen and oxygen atoms in total. The van der Waals surface area contributed by atoms with Crippen LogP contribution in [0.2, 0.25) is 0 Å². The molecule has 0 spiro atoms. The molecule has 0 aliphatic carbocycles. The molecule has 3 aromatic carbocycles. The van der Waals surface area contributed by atoms with E-state index in [0.717, 1.165) is 22.6 Å². The molecular formula is C22H19F2NO2S. The van der Waals surface area contributed by atoms with Gasteiger partial charge in [0.25, 0.3) is 5.91 Å². The van der Waals surface area contributed by atoms with Gasteiger partial charge in [-0.1, -0.05) is 18.2 Å². The molecule has 0 aliphatic heterocycles. The van der Waals surface area contributed by atoms with Crippen molar-refractivity contribution in [3.8, 4) is 5.75 Å². The average Bonchev–Trinajstić information content (AvgIpc) is 2.70. The summed E-state index contributed by atoms with van der Waals surface area (Å²) in [6.07, 6.45) is 0. The Hall–Kier alpha value is -2.86. The summed E-state index contributed by atoms with van der Waals surface area (Å²) in [4.78, 5) is 13.6. The second kappa shape index (κ2) is 9.37. The van der Waals surface area contributed by atoms with Gasteiger partial charge in [-0.05, 0) is 49.4 Å². The summed E-state index contributed by atoms with van der Waals surface area (Å²) in [5.41, 5.74) is 1.17. The van der Waals surface area contributed by atoms with Gasteiger partial charge in [-0.2, -0.15) is 0 Å². The number of carbonyl (C=O) groups excluding carboxylic acids is 1. The number of nitrogens with one attached hydrogen (secondary N) is 1. The Morgan fingerprint density at radius 3 is 2.54 bits per heavy atom. The van der Waals surface area contributed by atoms with E-state index in [2.05, 4.69) is 5.32 Å². The van der Waals surface area contributed by atoms with Crippen LogP contribution in [0, 0.1) is 11.6 Å². The van der Waals surface area contributed by atoms with E-state index in [0.29, 0.717) is 23.7 Å². The minimum atomic E-state index is -0.820. The third-order valence-electron chi connectivity index (χ3n) is 3.94. The van der Waals surface area contributed by atoms with Gasteiger partial charge in [0, 0.05) is 27.8 Å². The molecule has 6 heteroatoms. The first-order chi connectivity index (χ1) is 13.6. The molecule has 0 fully saturated rings. The molecule has 0 aromatic heterocycles. The van der Waals surface area contributed by atoms with Crippen LogP contribution in [0.25, 0.3) is 0 Å². The van der Waals surface area contributed by atoms with Crippen LogP contribution in [0.5, 0.6) is 5.75 Å². The summed E-state index contributed by atoms with van der Waals surface area (Å²) in [7, 11) is 0. The van der Waals surface area contributed by atoms with Crippen LogP contribution < -0.4 is 10.1 Å². The van der Waals surface area contributed by atoms with Crippen LogP contribution in [0.4, 0.5) is 14.5 Å². The maximum Gasteiger partial charge on any atom is 0.255 e. The van der Waals surface area contributed by atoms with Crippen LogP contribution in [-0.2, 0) is 5.75 Å². The van der Waals surface area contributed by atoms with Crippen molar-refractivity contribution in [3.05, 3.63) is 89.5 Å². The zero-order valence-electron chi connectivity index (χ0n) is 15.2. The van der Waals surface area contributed by atoms with E-state index in [1.807, 2.05) is 37.3 Å². The van der Waals surface area contributed by atoms with Crippen molar-refractivity contribution in [1.29, 1.82) is 0 Å². The molecule has 1 amide bonds. The molecule has 144 valence electrons. The zero-order valence-corrected chi connectivity index (χ0v) is 16.1. The summed E-state index contributed by atoms with van der Waals surface area (Å²) in [5.74, 6) is -0.670. The Balaban J connectivity index is 1.79. The van der Waals surface area contributed by atoms with Crippen molar-refractivity contribution in [2.75, 3.05) is 11.9 Å². The molecule has 0 radical (unpaired) electrons. The first-order valence-electron chi connectivity index (χ1n) is 8.77. The van der Waals surface area contributed by atoms with Crippen LogP contribution in [0.15, 0.2) is 71.6 Å². The molecule has 0 saturated heterocycles. The molecule has 3 rings (SSSR count). The normalized spacial score (nSPS) is 10.5. The summed E-state index contributed by atoms with van der Waals surface area (Å²) >= 11 is 1.63. The van der Waals surface area contributed by atoms with Crippen molar-refractivity contribution in [3.63, 3.8) is 0 Å². The van der Waals surface area contributed by atoms with Gasteiger partial charge < -0.3 is 10.1 Å². The maximum atomic E-state index is 13.8. The van der Waals surface area contributed by atoms with Crippen molar-refractivity contribution < 1.29 is 18.3 Å². The highest BCUT2D eigenvalue weighted by atomic mass is 32.2. The molecule has 3 aromatic rings. The Bertz CT molecular complexity index is 964.